The number of amides is 1. The third-order valence-electron chi connectivity index (χ3n) is 1.23. The Kier molecular flexibility index (Phi) is 5.83. The first-order chi connectivity index (χ1) is 4.81. The van der Waals surface area contributed by atoms with Gasteiger partial charge in [-0.05, 0) is 6.42 Å². The van der Waals surface area contributed by atoms with Crippen LogP contribution in [0.3, 0.4) is 0 Å². The van der Waals surface area contributed by atoms with Gasteiger partial charge in [-0.1, -0.05) is 25.8 Å². The number of rotatable bonds is 5. The molecule has 0 aromatic carbocycles. The summed E-state index contributed by atoms with van der Waals surface area (Å²) in [6, 6.07) is 0. The zero-order chi connectivity index (χ0) is 7.82. The van der Waals surface area contributed by atoms with Crippen LogP contribution in [0, 0.1) is 0 Å². The van der Waals surface area contributed by atoms with Gasteiger partial charge in [-0.25, -0.2) is 0 Å². The van der Waals surface area contributed by atoms with Gasteiger partial charge in [-0.2, -0.15) is 0 Å². The van der Waals surface area contributed by atoms with Crippen molar-refractivity contribution in [2.75, 3.05) is 7.05 Å². The summed E-state index contributed by atoms with van der Waals surface area (Å²) in [5, 5.41) is 0. The minimum atomic E-state index is 0.794. The highest BCUT2D eigenvalue weighted by Gasteiger charge is 1.81. The maximum Gasteiger partial charge on any atom is 0.213 e. The van der Waals surface area contributed by atoms with Crippen molar-refractivity contribution in [3.8, 4) is 0 Å². The van der Waals surface area contributed by atoms with Crippen molar-refractivity contribution in [1.29, 1.82) is 0 Å². The van der Waals surface area contributed by atoms with Crippen molar-refractivity contribution in [2.24, 2.45) is 0 Å². The molecule has 0 heterocycles. The van der Waals surface area contributed by atoms with E-state index < -0.39 is 0 Å². The lowest BCUT2D eigenvalue weighted by atomic mass is 10.2. The van der Waals surface area contributed by atoms with E-state index in [9.17, 15) is 4.79 Å². The summed E-state index contributed by atoms with van der Waals surface area (Å²) in [7, 11) is 1.73. The molecule has 0 radical (unpaired) electrons. The number of carbonyl (C=O) groups is 1. The van der Waals surface area contributed by atoms with Crippen molar-refractivity contribution in [3.63, 3.8) is 0 Å². The van der Waals surface area contributed by atoms with Gasteiger partial charge in [0.1, 0.15) is 0 Å². The molecule has 0 spiro atoms. The molecule has 2 nitrogen and oxygen atoms in total. The molecule has 2 heteroatoms. The highest BCUT2D eigenvalue weighted by atomic mass is 16.1. The van der Waals surface area contributed by atoms with Crippen LogP contribution < -0.4 is 0 Å². The van der Waals surface area contributed by atoms with Crippen LogP contribution in [0.4, 0.5) is 0 Å². The number of nitrogens with zero attached hydrogens (tertiary/aromatic N) is 1. The highest BCUT2D eigenvalue weighted by Crippen LogP contribution is 1.94. The molecular formula is C8H15NO. The minimum Gasteiger partial charge on any atom is -0.325 e. The summed E-state index contributed by atoms with van der Waals surface area (Å²) in [4.78, 5) is 11.6. The Morgan fingerprint density at radius 3 is 2.70 bits per heavy atom. The predicted molar refractivity (Wildman–Crippen MR) is 42.5 cm³/mol. The van der Waals surface area contributed by atoms with Gasteiger partial charge in [-0.3, -0.25) is 4.79 Å². The van der Waals surface area contributed by atoms with Gasteiger partial charge in [0, 0.05) is 13.2 Å². The molecule has 0 saturated carbocycles. The number of carbonyl (C=O) groups excluding carboxylic acids is 1. The van der Waals surface area contributed by atoms with E-state index in [2.05, 4.69) is 6.92 Å². The van der Waals surface area contributed by atoms with E-state index in [-0.39, 0.29) is 0 Å². The second-order valence-electron chi connectivity index (χ2n) is 2.30. The van der Waals surface area contributed by atoms with Crippen molar-refractivity contribution >= 4 is 6.41 Å². The van der Waals surface area contributed by atoms with Gasteiger partial charge >= 0.3 is 0 Å². The van der Waals surface area contributed by atoms with E-state index in [0.717, 1.165) is 12.8 Å². The number of unbranched alkanes of at least 4 members (excludes halogenated alkanes) is 2. The molecule has 0 aromatic heterocycles. The van der Waals surface area contributed by atoms with Crippen LogP contribution in [0.5, 0.6) is 0 Å². The van der Waals surface area contributed by atoms with Crippen molar-refractivity contribution < 1.29 is 4.79 Å². The summed E-state index contributed by atoms with van der Waals surface area (Å²) in [5.74, 6) is 0. The summed E-state index contributed by atoms with van der Waals surface area (Å²) in [6.45, 7) is 2.15. The SMILES string of the molecule is CCCC/C=C\N(C)C=O. The van der Waals surface area contributed by atoms with Gasteiger partial charge in [-0.15, -0.1) is 0 Å². The molecule has 0 rings (SSSR count). The van der Waals surface area contributed by atoms with Crippen LogP contribution in [0.2, 0.25) is 0 Å². The molecule has 58 valence electrons. The topological polar surface area (TPSA) is 20.3 Å². The van der Waals surface area contributed by atoms with E-state index >= 15 is 0 Å². The fraction of sp³-hybridized carbons (Fsp3) is 0.625. The first-order valence-electron chi connectivity index (χ1n) is 3.65. The molecule has 0 saturated heterocycles. The second kappa shape index (κ2) is 6.33. The Hall–Kier alpha value is -0.790. The lowest BCUT2D eigenvalue weighted by Crippen LogP contribution is -2.05. The fourth-order valence-electron chi connectivity index (χ4n) is 0.598. The van der Waals surface area contributed by atoms with Gasteiger partial charge in [0.2, 0.25) is 6.41 Å². The Balaban J connectivity index is 3.26. The zero-order valence-electron chi connectivity index (χ0n) is 6.71. The molecule has 0 aliphatic rings. The van der Waals surface area contributed by atoms with Crippen molar-refractivity contribution in [1.82, 2.24) is 4.90 Å². The van der Waals surface area contributed by atoms with Gasteiger partial charge in [0.05, 0.1) is 0 Å². The van der Waals surface area contributed by atoms with Gasteiger partial charge in [0.25, 0.3) is 0 Å². The number of allylic oxidation sites excluding steroid dienone is 1. The summed E-state index contributed by atoms with van der Waals surface area (Å²) in [6.07, 6.45) is 8.07. The quantitative estimate of drug-likeness (QED) is 0.422. The molecule has 0 aromatic rings. The van der Waals surface area contributed by atoms with E-state index in [4.69, 9.17) is 0 Å². The zero-order valence-corrected chi connectivity index (χ0v) is 6.71. The monoisotopic (exact) mass is 141 g/mol. The largest absolute Gasteiger partial charge is 0.325 e. The fourth-order valence-corrected chi connectivity index (χ4v) is 0.598. The van der Waals surface area contributed by atoms with Gasteiger partial charge in [0.15, 0.2) is 0 Å². The van der Waals surface area contributed by atoms with Crippen molar-refractivity contribution in [2.45, 2.75) is 26.2 Å². The maximum atomic E-state index is 10.0. The third kappa shape index (κ3) is 5.35. The number of hydrogen-bond acceptors (Lipinski definition) is 1. The Labute approximate surface area is 62.5 Å². The van der Waals surface area contributed by atoms with E-state index in [1.54, 1.807) is 13.2 Å². The standard InChI is InChI=1S/C8H15NO/c1-3-4-5-6-7-9(2)8-10/h6-8H,3-5H2,1-2H3/b7-6-. The summed E-state index contributed by atoms with van der Waals surface area (Å²) < 4.78 is 0. The molecule has 0 unspecified atom stereocenters. The molecule has 0 N–H and O–H groups in total. The Bertz CT molecular complexity index is 110. The number of hydrogen-bond donors (Lipinski definition) is 0. The first kappa shape index (κ1) is 9.21. The molecule has 0 bridgehead atoms. The lowest BCUT2D eigenvalue weighted by Gasteiger charge is -2.00. The average Bonchev–Trinajstić information content (AvgIpc) is 1.98. The smallest absolute Gasteiger partial charge is 0.213 e. The van der Waals surface area contributed by atoms with E-state index in [1.807, 2.05) is 6.08 Å². The van der Waals surface area contributed by atoms with E-state index in [1.165, 1.54) is 17.7 Å². The minimum absolute atomic E-state index is 0.794. The van der Waals surface area contributed by atoms with Crippen LogP contribution in [0.1, 0.15) is 26.2 Å². The normalized spacial score (nSPS) is 10.2. The van der Waals surface area contributed by atoms with Crippen molar-refractivity contribution in [3.05, 3.63) is 12.3 Å². The van der Waals surface area contributed by atoms with Crippen LogP contribution in [-0.4, -0.2) is 18.4 Å². The van der Waals surface area contributed by atoms with Crippen LogP contribution >= 0.6 is 0 Å². The maximum absolute atomic E-state index is 10.0. The van der Waals surface area contributed by atoms with Gasteiger partial charge < -0.3 is 4.90 Å². The van der Waals surface area contributed by atoms with Crippen LogP contribution in [0.25, 0.3) is 0 Å². The lowest BCUT2D eigenvalue weighted by molar-refractivity contribution is -0.115. The predicted octanol–water partition coefficient (Wildman–Crippen LogP) is 1.78. The van der Waals surface area contributed by atoms with Crippen LogP contribution in [0.15, 0.2) is 12.3 Å². The second-order valence-corrected chi connectivity index (χ2v) is 2.30. The molecule has 0 fully saturated rings. The van der Waals surface area contributed by atoms with E-state index in [0.29, 0.717) is 0 Å². The Morgan fingerprint density at radius 1 is 1.50 bits per heavy atom. The first-order valence-corrected chi connectivity index (χ1v) is 3.65. The Morgan fingerprint density at radius 2 is 2.20 bits per heavy atom. The van der Waals surface area contributed by atoms with Crippen LogP contribution in [-0.2, 0) is 4.79 Å². The molecule has 1 amide bonds. The highest BCUT2D eigenvalue weighted by molar-refractivity contribution is 5.48. The molecular weight excluding hydrogens is 126 g/mol. The molecule has 0 aliphatic heterocycles. The summed E-state index contributed by atoms with van der Waals surface area (Å²) >= 11 is 0. The molecule has 0 aliphatic carbocycles. The molecule has 0 atom stereocenters. The average molecular weight is 141 g/mol. The molecule has 10 heavy (non-hydrogen) atoms. The third-order valence-corrected chi connectivity index (χ3v) is 1.23. The summed E-state index contributed by atoms with van der Waals surface area (Å²) in [5.41, 5.74) is 0.